The molecule has 0 saturated carbocycles. The molecule has 0 bridgehead atoms. The molecule has 3 rings (SSSR count). The first-order valence-electron chi connectivity index (χ1n) is 7.85. The van der Waals surface area contributed by atoms with Gasteiger partial charge in [-0.05, 0) is 31.2 Å². The van der Waals surface area contributed by atoms with Gasteiger partial charge in [-0.25, -0.2) is 13.4 Å². The van der Waals surface area contributed by atoms with E-state index >= 15 is 0 Å². The van der Waals surface area contributed by atoms with E-state index in [-0.39, 0.29) is 0 Å². The highest BCUT2D eigenvalue weighted by molar-refractivity contribution is 7.89. The van der Waals surface area contributed by atoms with Crippen molar-refractivity contribution in [2.45, 2.75) is 11.8 Å². The normalized spacial score (nSPS) is 16.1. The lowest BCUT2D eigenvalue weighted by atomic mass is 10.3. The molecule has 0 N–H and O–H groups in total. The van der Waals surface area contributed by atoms with E-state index in [1.807, 2.05) is 11.8 Å². The van der Waals surface area contributed by atoms with Crippen molar-refractivity contribution in [3.63, 3.8) is 0 Å². The molecule has 128 valence electrons. The van der Waals surface area contributed by atoms with E-state index < -0.39 is 10.0 Å². The fourth-order valence-electron chi connectivity index (χ4n) is 2.64. The van der Waals surface area contributed by atoms with Gasteiger partial charge in [0.25, 0.3) is 0 Å². The smallest absolute Gasteiger partial charge is 0.243 e. The molecule has 1 aromatic carbocycles. The number of piperazine rings is 1. The number of ether oxygens (including phenoxy) is 1. The first-order valence-corrected chi connectivity index (χ1v) is 9.29. The van der Waals surface area contributed by atoms with Gasteiger partial charge in [0.2, 0.25) is 10.0 Å². The Hall–Kier alpha value is -2.19. The lowest BCUT2D eigenvalue weighted by Crippen LogP contribution is -2.48. The highest BCUT2D eigenvalue weighted by Crippen LogP contribution is 2.22. The highest BCUT2D eigenvalue weighted by atomic mass is 32.2. The summed E-state index contributed by atoms with van der Waals surface area (Å²) in [7, 11) is -3.48. The Morgan fingerprint density at radius 1 is 1.08 bits per heavy atom. The number of rotatable bonds is 5. The molecular formula is C16H20N4O3S. The third-order valence-electron chi connectivity index (χ3n) is 3.88. The quantitative estimate of drug-likeness (QED) is 0.813. The Bertz CT molecular complexity index is 758. The van der Waals surface area contributed by atoms with Crippen LogP contribution in [0.3, 0.4) is 0 Å². The van der Waals surface area contributed by atoms with Crippen molar-refractivity contribution in [3.05, 3.63) is 42.9 Å². The van der Waals surface area contributed by atoms with Crippen molar-refractivity contribution < 1.29 is 13.2 Å². The van der Waals surface area contributed by atoms with Gasteiger partial charge < -0.3 is 9.64 Å². The van der Waals surface area contributed by atoms with E-state index in [4.69, 9.17) is 4.74 Å². The number of hydrogen-bond acceptors (Lipinski definition) is 6. The zero-order chi connectivity index (χ0) is 17.0. The van der Waals surface area contributed by atoms with Crippen molar-refractivity contribution in [2.24, 2.45) is 0 Å². The zero-order valence-electron chi connectivity index (χ0n) is 13.5. The number of benzene rings is 1. The van der Waals surface area contributed by atoms with Crippen LogP contribution in [0.2, 0.25) is 0 Å². The Labute approximate surface area is 142 Å². The van der Waals surface area contributed by atoms with Crippen molar-refractivity contribution in [1.29, 1.82) is 0 Å². The van der Waals surface area contributed by atoms with Gasteiger partial charge in [-0.15, -0.1) is 0 Å². The van der Waals surface area contributed by atoms with E-state index in [0.717, 1.165) is 5.82 Å². The van der Waals surface area contributed by atoms with Crippen LogP contribution in [0.4, 0.5) is 5.82 Å². The topological polar surface area (TPSA) is 75.6 Å². The third kappa shape index (κ3) is 3.49. The summed E-state index contributed by atoms with van der Waals surface area (Å²) in [6.07, 6.45) is 4.95. The molecule has 0 radical (unpaired) electrons. The summed E-state index contributed by atoms with van der Waals surface area (Å²) in [4.78, 5) is 10.6. The molecule has 1 fully saturated rings. The third-order valence-corrected chi connectivity index (χ3v) is 5.80. The van der Waals surface area contributed by atoms with Crippen LogP contribution in [0.15, 0.2) is 47.8 Å². The molecular weight excluding hydrogens is 328 g/mol. The minimum atomic E-state index is -3.48. The monoisotopic (exact) mass is 348 g/mol. The van der Waals surface area contributed by atoms with Crippen LogP contribution < -0.4 is 9.64 Å². The van der Waals surface area contributed by atoms with Crippen molar-refractivity contribution in [2.75, 3.05) is 37.7 Å². The summed E-state index contributed by atoms with van der Waals surface area (Å²) in [5.41, 5.74) is 0. The molecule has 2 aromatic rings. The standard InChI is InChI=1S/C16H20N4O3S/c1-2-23-14-3-5-15(6-4-14)24(21,22)20-11-9-19(10-12-20)16-13-17-7-8-18-16/h3-8,13H,2,9-12H2,1H3. The second kappa shape index (κ2) is 7.14. The minimum absolute atomic E-state index is 0.291. The first-order chi connectivity index (χ1) is 11.6. The molecule has 8 heteroatoms. The Morgan fingerprint density at radius 3 is 2.38 bits per heavy atom. The summed E-state index contributed by atoms with van der Waals surface area (Å²) in [6.45, 7) is 4.47. The predicted octanol–water partition coefficient (Wildman–Crippen LogP) is 1.39. The average molecular weight is 348 g/mol. The lowest BCUT2D eigenvalue weighted by Gasteiger charge is -2.34. The van der Waals surface area contributed by atoms with Gasteiger partial charge in [0, 0.05) is 38.6 Å². The van der Waals surface area contributed by atoms with Crippen LogP contribution in [0.1, 0.15) is 6.92 Å². The molecule has 2 heterocycles. The second-order valence-corrected chi connectivity index (χ2v) is 7.30. The largest absolute Gasteiger partial charge is 0.494 e. The molecule has 0 aliphatic carbocycles. The molecule has 1 aliphatic rings. The second-order valence-electron chi connectivity index (χ2n) is 5.36. The molecule has 1 aromatic heterocycles. The number of anilines is 1. The minimum Gasteiger partial charge on any atom is -0.494 e. The first kappa shape index (κ1) is 16.7. The van der Waals surface area contributed by atoms with Crippen LogP contribution in [-0.2, 0) is 10.0 Å². The number of hydrogen-bond donors (Lipinski definition) is 0. The van der Waals surface area contributed by atoms with Gasteiger partial charge in [-0.1, -0.05) is 0 Å². The highest BCUT2D eigenvalue weighted by Gasteiger charge is 2.28. The van der Waals surface area contributed by atoms with Gasteiger partial charge in [0.1, 0.15) is 11.6 Å². The zero-order valence-corrected chi connectivity index (χ0v) is 14.3. The summed E-state index contributed by atoms with van der Waals surface area (Å²) in [6, 6.07) is 6.56. The number of nitrogens with zero attached hydrogens (tertiary/aromatic N) is 4. The van der Waals surface area contributed by atoms with Crippen molar-refractivity contribution in [1.82, 2.24) is 14.3 Å². The van der Waals surface area contributed by atoms with E-state index in [0.29, 0.717) is 43.4 Å². The molecule has 1 saturated heterocycles. The van der Waals surface area contributed by atoms with E-state index in [1.54, 1.807) is 42.9 Å². The van der Waals surface area contributed by atoms with Gasteiger partial charge in [0.15, 0.2) is 0 Å². The fraction of sp³-hybridized carbons (Fsp3) is 0.375. The molecule has 7 nitrogen and oxygen atoms in total. The van der Waals surface area contributed by atoms with Crippen LogP contribution in [0.5, 0.6) is 5.75 Å². The molecule has 0 unspecified atom stereocenters. The van der Waals surface area contributed by atoms with Crippen LogP contribution >= 0.6 is 0 Å². The molecule has 24 heavy (non-hydrogen) atoms. The Morgan fingerprint density at radius 2 is 1.79 bits per heavy atom. The van der Waals surface area contributed by atoms with E-state index in [2.05, 4.69) is 9.97 Å². The van der Waals surface area contributed by atoms with Gasteiger partial charge in [-0.2, -0.15) is 4.31 Å². The van der Waals surface area contributed by atoms with Crippen molar-refractivity contribution >= 4 is 15.8 Å². The predicted molar refractivity (Wildman–Crippen MR) is 90.6 cm³/mol. The fourth-order valence-corrected chi connectivity index (χ4v) is 4.06. The van der Waals surface area contributed by atoms with Crippen LogP contribution in [-0.4, -0.2) is 55.5 Å². The summed E-state index contributed by atoms with van der Waals surface area (Å²) >= 11 is 0. The average Bonchev–Trinajstić information content (AvgIpc) is 2.63. The molecule has 0 spiro atoms. The Kier molecular flexibility index (Phi) is 4.96. The van der Waals surface area contributed by atoms with E-state index in [9.17, 15) is 8.42 Å². The van der Waals surface area contributed by atoms with Crippen LogP contribution in [0.25, 0.3) is 0 Å². The van der Waals surface area contributed by atoms with Gasteiger partial charge >= 0.3 is 0 Å². The SMILES string of the molecule is CCOc1ccc(S(=O)(=O)N2CCN(c3cnccn3)CC2)cc1. The summed E-state index contributed by atoms with van der Waals surface area (Å²) < 4.78 is 32.3. The van der Waals surface area contributed by atoms with Gasteiger partial charge in [-0.3, -0.25) is 4.98 Å². The van der Waals surface area contributed by atoms with Gasteiger partial charge in [0.05, 0.1) is 17.7 Å². The summed E-state index contributed by atoms with van der Waals surface area (Å²) in [5.74, 6) is 1.44. The maximum absolute atomic E-state index is 12.7. The molecule has 0 amide bonds. The van der Waals surface area contributed by atoms with E-state index in [1.165, 1.54) is 4.31 Å². The number of aromatic nitrogens is 2. The maximum Gasteiger partial charge on any atom is 0.243 e. The molecule has 0 atom stereocenters. The molecule has 1 aliphatic heterocycles. The maximum atomic E-state index is 12.7. The Balaban J connectivity index is 1.68. The van der Waals surface area contributed by atoms with Crippen LogP contribution in [0, 0.1) is 0 Å². The summed E-state index contributed by atoms with van der Waals surface area (Å²) in [5, 5.41) is 0. The number of sulfonamides is 1. The van der Waals surface area contributed by atoms with Crippen molar-refractivity contribution in [3.8, 4) is 5.75 Å². The lowest BCUT2D eigenvalue weighted by molar-refractivity contribution is 0.340.